The molecule has 0 aliphatic carbocycles. The fourth-order valence-electron chi connectivity index (χ4n) is 1.51. The first-order valence-electron chi connectivity index (χ1n) is 7.01. The van der Waals surface area contributed by atoms with Crippen molar-refractivity contribution in [2.45, 2.75) is 62.1 Å². The second-order valence-electron chi connectivity index (χ2n) is 5.77. The molecule has 1 heterocycles. The minimum Gasteiger partial charge on any atom is -0.549 e. The molecule has 1 aromatic heterocycles. The van der Waals surface area contributed by atoms with Gasteiger partial charge in [-0.25, -0.2) is 4.79 Å². The summed E-state index contributed by atoms with van der Waals surface area (Å²) in [5, 5.41) is 23.8. The Bertz CT molecular complexity index is 514. The van der Waals surface area contributed by atoms with Gasteiger partial charge in [0.25, 0.3) is 0 Å². The monoisotopic (exact) mass is 345 g/mol. The zero-order valence-corrected chi connectivity index (χ0v) is 14.8. The molecule has 0 unspecified atom stereocenters. The summed E-state index contributed by atoms with van der Waals surface area (Å²) in [6, 6.07) is -0.373. The Kier molecular flexibility index (Phi) is 7.08. The van der Waals surface area contributed by atoms with Gasteiger partial charge in [0, 0.05) is 5.54 Å². The number of nitrogens with one attached hydrogen (secondary N) is 2. The molecule has 0 bridgehead atoms. The van der Waals surface area contributed by atoms with Crippen LogP contribution >= 0.6 is 23.1 Å². The maximum Gasteiger partial charge on any atom is 0.321 e. The maximum atomic E-state index is 11.7. The number of carbonyl (C=O) groups is 2. The number of carboxylic acid groups (broad SMARTS) is 1. The van der Waals surface area contributed by atoms with Gasteiger partial charge in [-0.15, -0.1) is 10.2 Å². The van der Waals surface area contributed by atoms with E-state index in [9.17, 15) is 14.7 Å². The highest BCUT2D eigenvalue weighted by atomic mass is 32.2. The summed E-state index contributed by atoms with van der Waals surface area (Å²) in [6.07, 6.45) is 2.25. The van der Waals surface area contributed by atoms with E-state index in [-0.39, 0.29) is 11.6 Å². The van der Waals surface area contributed by atoms with E-state index in [0.29, 0.717) is 15.9 Å². The topological polar surface area (TPSA) is 107 Å². The third-order valence-electron chi connectivity index (χ3n) is 2.44. The second-order valence-corrected chi connectivity index (χ2v) is 8.20. The molecule has 1 aromatic rings. The van der Waals surface area contributed by atoms with Crippen LogP contribution in [-0.4, -0.2) is 33.0 Å². The molecular formula is C13H21N4O3S2-. The van der Waals surface area contributed by atoms with E-state index in [4.69, 9.17) is 0 Å². The van der Waals surface area contributed by atoms with Gasteiger partial charge < -0.3 is 15.2 Å². The van der Waals surface area contributed by atoms with Gasteiger partial charge in [-0.1, -0.05) is 42.9 Å². The molecule has 2 N–H and O–H groups in total. The number of rotatable bonds is 7. The van der Waals surface area contributed by atoms with Crippen LogP contribution in [-0.2, 0) is 4.79 Å². The van der Waals surface area contributed by atoms with Gasteiger partial charge in [0.1, 0.15) is 0 Å². The van der Waals surface area contributed by atoms with Gasteiger partial charge in [0.15, 0.2) is 4.34 Å². The van der Waals surface area contributed by atoms with Crippen LogP contribution in [0, 0.1) is 0 Å². The van der Waals surface area contributed by atoms with Crippen LogP contribution in [0.4, 0.5) is 9.93 Å². The molecule has 1 atom stereocenters. The SMILES string of the molecule is CCCC[C@H](Sc1nnc(NC(=O)NC(C)(C)C)s1)C(=O)[O-]. The number of unbranched alkanes of at least 4 members (excludes halogenated alkanes) is 1. The summed E-state index contributed by atoms with van der Waals surface area (Å²) in [5.74, 6) is -1.10. The van der Waals surface area contributed by atoms with E-state index in [1.54, 1.807) is 0 Å². The van der Waals surface area contributed by atoms with Crippen molar-refractivity contribution in [3.05, 3.63) is 0 Å². The number of carboxylic acids is 1. The molecule has 2 amide bonds. The predicted molar refractivity (Wildman–Crippen MR) is 86.0 cm³/mol. The first-order chi connectivity index (χ1) is 10.2. The molecule has 124 valence electrons. The third kappa shape index (κ3) is 7.08. The lowest BCUT2D eigenvalue weighted by Crippen LogP contribution is -2.43. The van der Waals surface area contributed by atoms with Crippen LogP contribution in [0.2, 0.25) is 0 Å². The van der Waals surface area contributed by atoms with Crippen molar-refractivity contribution in [1.82, 2.24) is 15.5 Å². The Morgan fingerprint density at radius 2 is 2.05 bits per heavy atom. The zero-order chi connectivity index (χ0) is 16.8. The molecule has 0 aliphatic heterocycles. The number of amides is 2. The Balaban J connectivity index is 2.59. The Morgan fingerprint density at radius 3 is 2.59 bits per heavy atom. The van der Waals surface area contributed by atoms with Gasteiger partial charge in [-0.05, 0) is 27.2 Å². The molecule has 0 aromatic carbocycles. The number of aromatic nitrogens is 2. The molecular weight excluding hydrogens is 324 g/mol. The fourth-order valence-corrected chi connectivity index (χ4v) is 3.48. The maximum absolute atomic E-state index is 11.7. The van der Waals surface area contributed by atoms with Gasteiger partial charge in [-0.2, -0.15) is 0 Å². The average Bonchev–Trinajstić information content (AvgIpc) is 2.78. The lowest BCUT2D eigenvalue weighted by Gasteiger charge is -2.19. The van der Waals surface area contributed by atoms with Gasteiger partial charge in [-0.3, -0.25) is 5.32 Å². The zero-order valence-electron chi connectivity index (χ0n) is 13.1. The van der Waals surface area contributed by atoms with Crippen LogP contribution in [0.3, 0.4) is 0 Å². The number of thioether (sulfide) groups is 1. The number of carbonyl (C=O) groups excluding carboxylic acids is 2. The van der Waals surface area contributed by atoms with Crippen molar-refractivity contribution in [2.24, 2.45) is 0 Å². The van der Waals surface area contributed by atoms with E-state index in [2.05, 4.69) is 20.8 Å². The summed E-state index contributed by atoms with van der Waals surface area (Å²) in [7, 11) is 0. The first-order valence-corrected chi connectivity index (χ1v) is 8.71. The predicted octanol–water partition coefficient (Wildman–Crippen LogP) is 1.86. The quantitative estimate of drug-likeness (QED) is 0.577. The van der Waals surface area contributed by atoms with Crippen LogP contribution in [0.15, 0.2) is 4.34 Å². The molecule has 0 saturated heterocycles. The Hall–Kier alpha value is -1.35. The van der Waals surface area contributed by atoms with Crippen molar-refractivity contribution in [1.29, 1.82) is 0 Å². The molecule has 0 aliphatic rings. The molecule has 9 heteroatoms. The number of anilines is 1. The normalized spacial score (nSPS) is 12.7. The number of hydrogen-bond donors (Lipinski definition) is 2. The van der Waals surface area contributed by atoms with E-state index in [0.717, 1.165) is 35.9 Å². The highest BCUT2D eigenvalue weighted by Gasteiger charge is 2.17. The highest BCUT2D eigenvalue weighted by molar-refractivity contribution is 8.02. The number of urea groups is 1. The van der Waals surface area contributed by atoms with Crippen molar-refractivity contribution in [2.75, 3.05) is 5.32 Å². The van der Waals surface area contributed by atoms with E-state index in [1.807, 2.05) is 27.7 Å². The highest BCUT2D eigenvalue weighted by Crippen LogP contribution is 2.31. The second kappa shape index (κ2) is 8.33. The molecule has 0 fully saturated rings. The van der Waals surface area contributed by atoms with Crippen molar-refractivity contribution in [3.8, 4) is 0 Å². The summed E-state index contributed by atoms with van der Waals surface area (Å²) in [6.45, 7) is 7.60. The van der Waals surface area contributed by atoms with E-state index in [1.165, 1.54) is 0 Å². The van der Waals surface area contributed by atoms with Gasteiger partial charge in [0.05, 0.1) is 11.2 Å². The van der Waals surface area contributed by atoms with Crippen molar-refractivity contribution in [3.63, 3.8) is 0 Å². The third-order valence-corrected chi connectivity index (χ3v) is 4.61. The standard InChI is InChI=1S/C13H22N4O3S2/c1-5-6-7-8(9(18)19)21-12-17-16-11(22-12)14-10(20)15-13(2,3)4/h8H,5-7H2,1-4H3,(H,18,19)(H2,14,15,16,20)/p-1/t8-/m0/s1. The summed E-state index contributed by atoms with van der Waals surface area (Å²) in [5.41, 5.74) is -0.355. The summed E-state index contributed by atoms with van der Waals surface area (Å²) >= 11 is 2.25. The smallest absolute Gasteiger partial charge is 0.321 e. The first kappa shape index (κ1) is 18.7. The number of aliphatic carboxylic acids is 1. The number of hydrogen-bond acceptors (Lipinski definition) is 7. The lowest BCUT2D eigenvalue weighted by atomic mass is 10.1. The van der Waals surface area contributed by atoms with Crippen LogP contribution in [0.25, 0.3) is 0 Å². The van der Waals surface area contributed by atoms with Gasteiger partial charge in [0.2, 0.25) is 5.13 Å². The fraction of sp³-hybridized carbons (Fsp3) is 0.692. The Labute approximate surface area is 138 Å². The molecule has 0 spiro atoms. The van der Waals surface area contributed by atoms with Crippen LogP contribution < -0.4 is 15.7 Å². The lowest BCUT2D eigenvalue weighted by molar-refractivity contribution is -0.304. The molecule has 7 nitrogen and oxygen atoms in total. The molecule has 0 radical (unpaired) electrons. The summed E-state index contributed by atoms with van der Waals surface area (Å²) in [4.78, 5) is 22.8. The average molecular weight is 345 g/mol. The number of nitrogens with zero attached hydrogens (tertiary/aromatic N) is 2. The van der Waals surface area contributed by atoms with E-state index >= 15 is 0 Å². The molecule has 1 rings (SSSR count). The van der Waals surface area contributed by atoms with Crippen molar-refractivity contribution < 1.29 is 14.7 Å². The Morgan fingerprint density at radius 1 is 1.36 bits per heavy atom. The largest absolute Gasteiger partial charge is 0.549 e. The van der Waals surface area contributed by atoms with Gasteiger partial charge >= 0.3 is 6.03 Å². The van der Waals surface area contributed by atoms with Crippen molar-refractivity contribution >= 4 is 40.2 Å². The minimum atomic E-state index is -1.10. The van der Waals surface area contributed by atoms with Crippen LogP contribution in [0.5, 0.6) is 0 Å². The molecule has 0 saturated carbocycles. The van der Waals surface area contributed by atoms with Crippen LogP contribution in [0.1, 0.15) is 47.0 Å². The molecule has 22 heavy (non-hydrogen) atoms. The van der Waals surface area contributed by atoms with E-state index < -0.39 is 11.2 Å². The minimum absolute atomic E-state index is 0.330. The summed E-state index contributed by atoms with van der Waals surface area (Å²) < 4.78 is 0.497.